The van der Waals surface area contributed by atoms with Gasteiger partial charge >= 0.3 is 0 Å². The van der Waals surface area contributed by atoms with Gasteiger partial charge in [-0.3, -0.25) is 14.9 Å². The summed E-state index contributed by atoms with van der Waals surface area (Å²) in [6.07, 6.45) is 0. The van der Waals surface area contributed by atoms with Crippen molar-refractivity contribution in [1.29, 1.82) is 0 Å². The van der Waals surface area contributed by atoms with Crippen LogP contribution < -0.4 is 5.73 Å². The van der Waals surface area contributed by atoms with Gasteiger partial charge in [0.1, 0.15) is 0 Å². The molecule has 1 atom stereocenters. The second-order valence-corrected chi connectivity index (χ2v) is 5.13. The highest BCUT2D eigenvalue weighted by molar-refractivity contribution is 8.00. The summed E-state index contributed by atoms with van der Waals surface area (Å²) in [5.74, 6) is -0.260. The maximum atomic E-state index is 10.9. The van der Waals surface area contributed by atoms with Gasteiger partial charge in [-0.2, -0.15) is 0 Å². The monoisotopic (exact) mass is 294 g/mol. The van der Waals surface area contributed by atoms with E-state index in [0.29, 0.717) is 5.56 Å². The van der Waals surface area contributed by atoms with E-state index in [2.05, 4.69) is 10.2 Å². The maximum absolute atomic E-state index is 10.9. The summed E-state index contributed by atoms with van der Waals surface area (Å²) in [5, 5.41) is 17.9. The summed E-state index contributed by atoms with van der Waals surface area (Å²) < 4.78 is 5.35. The first-order valence-corrected chi connectivity index (χ1v) is 6.39. The molecule has 0 saturated carbocycles. The fourth-order valence-electron chi connectivity index (χ4n) is 1.31. The van der Waals surface area contributed by atoms with E-state index in [-0.39, 0.29) is 16.8 Å². The second-order valence-electron chi connectivity index (χ2n) is 3.84. The first-order valence-electron chi connectivity index (χ1n) is 5.51. The number of nitro groups is 1. The number of amides is 1. The fourth-order valence-corrected chi connectivity index (χ4v) is 1.94. The molecule has 0 aliphatic carbocycles. The van der Waals surface area contributed by atoms with E-state index in [1.807, 2.05) is 0 Å². The Hall–Kier alpha value is -2.42. The number of non-ortho nitro benzene ring substituents is 1. The Labute approximate surface area is 117 Å². The van der Waals surface area contributed by atoms with Crippen molar-refractivity contribution in [2.75, 3.05) is 0 Å². The molecule has 2 N–H and O–H groups in total. The lowest BCUT2D eigenvalue weighted by molar-refractivity contribution is -0.384. The van der Waals surface area contributed by atoms with Crippen molar-refractivity contribution in [3.8, 4) is 11.5 Å². The number of primary amides is 1. The molecule has 0 spiro atoms. The van der Waals surface area contributed by atoms with E-state index in [1.54, 1.807) is 6.92 Å². The van der Waals surface area contributed by atoms with Gasteiger partial charge in [0.2, 0.25) is 11.8 Å². The minimum Gasteiger partial charge on any atom is -0.411 e. The molecular weight excluding hydrogens is 284 g/mol. The molecule has 0 bridgehead atoms. The quantitative estimate of drug-likeness (QED) is 0.504. The van der Waals surface area contributed by atoms with Crippen molar-refractivity contribution < 1.29 is 14.1 Å². The Morgan fingerprint density at radius 3 is 2.60 bits per heavy atom. The molecule has 0 radical (unpaired) electrons. The van der Waals surface area contributed by atoms with Crippen LogP contribution in [0.4, 0.5) is 5.69 Å². The van der Waals surface area contributed by atoms with Crippen molar-refractivity contribution in [2.24, 2.45) is 5.73 Å². The smallest absolute Gasteiger partial charge is 0.277 e. The summed E-state index contributed by atoms with van der Waals surface area (Å²) in [6, 6.07) is 5.71. The molecule has 8 nitrogen and oxygen atoms in total. The molecule has 0 fully saturated rings. The lowest BCUT2D eigenvalue weighted by atomic mass is 10.2. The van der Waals surface area contributed by atoms with Crippen LogP contribution in [0.3, 0.4) is 0 Å². The van der Waals surface area contributed by atoms with Crippen LogP contribution in [0.25, 0.3) is 11.5 Å². The molecule has 0 aliphatic rings. The lowest BCUT2D eigenvalue weighted by Crippen LogP contribution is -2.22. The third kappa shape index (κ3) is 3.12. The Morgan fingerprint density at radius 2 is 2.05 bits per heavy atom. The standard InChI is InChI=1S/C11H10N4O4S/c1-6(9(12)16)20-11-14-13-10(19-11)7-2-4-8(5-3-7)15(17)18/h2-6H,1H3,(H2,12,16). The van der Waals surface area contributed by atoms with Gasteiger partial charge in [0.15, 0.2) is 0 Å². The molecule has 2 aromatic rings. The highest BCUT2D eigenvalue weighted by atomic mass is 32.2. The van der Waals surface area contributed by atoms with Gasteiger partial charge in [0, 0.05) is 17.7 Å². The topological polar surface area (TPSA) is 125 Å². The first kappa shape index (κ1) is 14.0. The Bertz CT molecular complexity index is 640. The minimum absolute atomic E-state index is 0.0229. The Morgan fingerprint density at radius 1 is 1.40 bits per heavy atom. The van der Waals surface area contributed by atoms with Crippen LogP contribution >= 0.6 is 11.8 Å². The normalized spacial score (nSPS) is 12.1. The number of thioether (sulfide) groups is 1. The zero-order valence-electron chi connectivity index (χ0n) is 10.3. The molecule has 1 amide bonds. The van der Waals surface area contributed by atoms with E-state index in [4.69, 9.17) is 10.2 Å². The summed E-state index contributed by atoms with van der Waals surface area (Å²) in [6.45, 7) is 1.63. The molecule has 1 aromatic carbocycles. The molecular formula is C11H10N4O4S. The van der Waals surface area contributed by atoms with Gasteiger partial charge in [-0.15, -0.1) is 10.2 Å². The number of nitrogens with zero attached hydrogens (tertiary/aromatic N) is 3. The summed E-state index contributed by atoms with van der Waals surface area (Å²) in [5.41, 5.74) is 5.67. The predicted octanol–water partition coefficient (Wildman–Crippen LogP) is 1.61. The first-order chi connectivity index (χ1) is 9.47. The van der Waals surface area contributed by atoms with Crippen LogP contribution in [0, 0.1) is 10.1 Å². The Kier molecular flexibility index (Phi) is 3.99. The van der Waals surface area contributed by atoms with Gasteiger partial charge in [0.05, 0.1) is 10.2 Å². The zero-order chi connectivity index (χ0) is 14.7. The number of carbonyl (C=O) groups excluding carboxylic acids is 1. The van der Waals surface area contributed by atoms with Crippen LogP contribution in [0.5, 0.6) is 0 Å². The van der Waals surface area contributed by atoms with Crippen molar-refractivity contribution in [2.45, 2.75) is 17.4 Å². The summed E-state index contributed by atoms with van der Waals surface area (Å²) in [7, 11) is 0. The SMILES string of the molecule is CC(Sc1nnc(-c2ccc([N+](=O)[O-])cc2)o1)C(N)=O. The van der Waals surface area contributed by atoms with E-state index in [9.17, 15) is 14.9 Å². The number of benzene rings is 1. The predicted molar refractivity (Wildman–Crippen MR) is 70.9 cm³/mol. The van der Waals surface area contributed by atoms with E-state index < -0.39 is 16.1 Å². The van der Waals surface area contributed by atoms with E-state index in [1.165, 1.54) is 24.3 Å². The van der Waals surface area contributed by atoms with Crippen LogP contribution in [-0.2, 0) is 4.79 Å². The zero-order valence-corrected chi connectivity index (χ0v) is 11.2. The number of nitro benzene ring substituents is 1. The average molecular weight is 294 g/mol. The molecule has 1 aromatic heterocycles. The van der Waals surface area contributed by atoms with Gasteiger partial charge in [-0.05, 0) is 19.1 Å². The number of hydrogen-bond acceptors (Lipinski definition) is 7. The van der Waals surface area contributed by atoms with Gasteiger partial charge in [-0.25, -0.2) is 0 Å². The van der Waals surface area contributed by atoms with Gasteiger partial charge < -0.3 is 10.2 Å². The molecule has 20 heavy (non-hydrogen) atoms. The van der Waals surface area contributed by atoms with Crippen molar-refractivity contribution in [1.82, 2.24) is 10.2 Å². The van der Waals surface area contributed by atoms with Crippen LogP contribution in [0.15, 0.2) is 33.9 Å². The van der Waals surface area contributed by atoms with Crippen molar-refractivity contribution in [3.63, 3.8) is 0 Å². The number of carbonyl (C=O) groups is 1. The minimum atomic E-state index is -0.493. The lowest BCUT2D eigenvalue weighted by Gasteiger charge is -2.00. The molecule has 104 valence electrons. The van der Waals surface area contributed by atoms with Gasteiger partial charge in [0.25, 0.3) is 10.9 Å². The number of rotatable bonds is 5. The van der Waals surface area contributed by atoms with Gasteiger partial charge in [-0.1, -0.05) is 11.8 Å². The van der Waals surface area contributed by atoms with Crippen molar-refractivity contribution in [3.05, 3.63) is 34.4 Å². The van der Waals surface area contributed by atoms with Crippen LogP contribution in [0.2, 0.25) is 0 Å². The highest BCUT2D eigenvalue weighted by Gasteiger charge is 2.16. The van der Waals surface area contributed by atoms with Crippen LogP contribution in [0.1, 0.15) is 6.92 Å². The third-order valence-corrected chi connectivity index (χ3v) is 3.36. The average Bonchev–Trinajstić information content (AvgIpc) is 2.87. The maximum Gasteiger partial charge on any atom is 0.277 e. The fraction of sp³-hybridized carbons (Fsp3) is 0.182. The van der Waals surface area contributed by atoms with E-state index >= 15 is 0 Å². The molecule has 2 rings (SSSR count). The number of hydrogen-bond donors (Lipinski definition) is 1. The summed E-state index contributed by atoms with van der Waals surface area (Å²) >= 11 is 1.05. The highest BCUT2D eigenvalue weighted by Crippen LogP contribution is 2.26. The molecule has 0 aliphatic heterocycles. The van der Waals surface area contributed by atoms with Crippen LogP contribution in [-0.4, -0.2) is 26.3 Å². The molecule has 1 heterocycles. The second kappa shape index (κ2) is 5.70. The molecule has 9 heteroatoms. The van der Waals surface area contributed by atoms with Crippen molar-refractivity contribution >= 4 is 23.4 Å². The van der Waals surface area contributed by atoms with E-state index in [0.717, 1.165) is 11.8 Å². The number of nitrogens with two attached hydrogens (primary N) is 1. The largest absolute Gasteiger partial charge is 0.411 e. The number of aromatic nitrogens is 2. The molecule has 0 saturated heterocycles. The third-order valence-electron chi connectivity index (χ3n) is 2.41. The molecule has 1 unspecified atom stereocenters. The Balaban J connectivity index is 2.16. The summed E-state index contributed by atoms with van der Waals surface area (Å²) in [4.78, 5) is 21.0.